The summed E-state index contributed by atoms with van der Waals surface area (Å²) in [7, 11) is 1.65. The van der Waals surface area contributed by atoms with Crippen molar-refractivity contribution in [1.29, 1.82) is 0 Å². The Morgan fingerprint density at radius 1 is 0.649 bits per heavy atom. The van der Waals surface area contributed by atoms with E-state index in [4.69, 9.17) is 88.4 Å². The molecule has 434 valence electrons. The summed E-state index contributed by atoms with van der Waals surface area (Å²) < 4.78 is 82.3. The summed E-state index contributed by atoms with van der Waals surface area (Å²) in [5, 5.41) is 32.2. The number of carboxylic acid groups (broad SMARTS) is 1. The third-order valence-electron chi connectivity index (χ3n) is 10.1. The maximum absolute atomic E-state index is 12.5. The summed E-state index contributed by atoms with van der Waals surface area (Å²) in [5.41, 5.74) is 11.0. The number of likely N-dealkylation sites (N-methyl/N-ethyl adjacent to an activating group) is 1. The molecule has 0 aromatic heterocycles. The van der Waals surface area contributed by atoms with Crippen LogP contribution in [-0.2, 0) is 90.3 Å². The number of nitrogens with zero attached hydrogens (tertiary/aromatic N) is 2. The van der Waals surface area contributed by atoms with Crippen molar-refractivity contribution in [2.45, 2.75) is 44.1 Å². The molecular weight excluding hydrogens is 989 g/mol. The van der Waals surface area contributed by atoms with Crippen molar-refractivity contribution in [1.82, 2.24) is 10.2 Å². The van der Waals surface area contributed by atoms with Crippen molar-refractivity contribution in [3.63, 3.8) is 0 Å². The van der Waals surface area contributed by atoms with Crippen LogP contribution in [0.1, 0.15) is 19.8 Å². The number of carbonyl (C=O) groups is 3. The van der Waals surface area contributed by atoms with Crippen molar-refractivity contribution in [3.8, 4) is 0 Å². The van der Waals surface area contributed by atoms with Crippen LogP contribution in [0.25, 0.3) is 0 Å². The molecule has 28 nitrogen and oxygen atoms in total. The molecule has 1 aliphatic heterocycles. The van der Waals surface area contributed by atoms with E-state index in [0.717, 1.165) is 6.42 Å². The second kappa shape index (κ2) is 49.1. The highest BCUT2D eigenvalue weighted by Crippen LogP contribution is 2.30. The molecule has 28 heteroatoms. The van der Waals surface area contributed by atoms with Gasteiger partial charge in [0.15, 0.2) is 5.96 Å². The number of ether oxygens (including phenoxy) is 15. The maximum Gasteiger partial charge on any atom is 0.370 e. The van der Waals surface area contributed by atoms with E-state index >= 15 is 0 Å². The van der Waals surface area contributed by atoms with Gasteiger partial charge in [-0.05, 0) is 12.5 Å². The van der Waals surface area contributed by atoms with Crippen LogP contribution in [0.15, 0.2) is 16.8 Å². The molecule has 1 heterocycles. The van der Waals surface area contributed by atoms with Crippen molar-refractivity contribution in [2.24, 2.45) is 28.3 Å². The standard InChI is InChI=1S/C46H88N6O22/c1-37-38(51-46(47)48)34-40(45(57)58)74-43(37)44(39(54)35-53)72-36-41(55)50-5-10-62-11-6-52(2)42(56)4-9-61-14-17-65-20-23-67-25-27-69-29-28-68-26-24-66-21-18-63-15-12-59-7-3-8-60-13-16-64-19-22-70-30-31-71-32-33-73-49/h34,37-39,43-44,53-54H,3-33,35-36,49H2,1-2H3,(H,50,55)(H,57,58)(H4,47,48,51)/t37-,38+,39-,43-,44-/m1/s1. The number of nitrogens with two attached hydrogens (primary N) is 3. The second-order valence-electron chi connectivity index (χ2n) is 15.9. The van der Waals surface area contributed by atoms with Gasteiger partial charge >= 0.3 is 5.97 Å². The Morgan fingerprint density at radius 2 is 1.05 bits per heavy atom. The largest absolute Gasteiger partial charge is 0.480 e. The lowest BCUT2D eigenvalue weighted by atomic mass is 9.87. The Hall–Kier alpha value is -3.50. The van der Waals surface area contributed by atoms with Gasteiger partial charge in [-0.15, -0.1) is 0 Å². The number of amides is 2. The van der Waals surface area contributed by atoms with Crippen LogP contribution in [0, 0.1) is 5.92 Å². The number of nitrogens with one attached hydrogen (secondary N) is 1. The molecular formula is C46H88N6O22. The molecule has 1 aliphatic rings. The minimum Gasteiger partial charge on any atom is -0.480 e. The smallest absolute Gasteiger partial charge is 0.370 e. The van der Waals surface area contributed by atoms with E-state index in [9.17, 15) is 29.7 Å². The fourth-order valence-electron chi connectivity index (χ4n) is 6.18. The van der Waals surface area contributed by atoms with Gasteiger partial charge in [0.1, 0.15) is 24.9 Å². The Morgan fingerprint density at radius 3 is 1.46 bits per heavy atom. The quantitative estimate of drug-likeness (QED) is 0.0137. The van der Waals surface area contributed by atoms with Crippen molar-refractivity contribution >= 4 is 23.7 Å². The SMILES string of the molecule is C[C@H]1[C@H]([C@H](OCC(=O)NCCOCCN(C)C(=O)CCOCCOCCOCCOCCOCCOCCOCCOCCCOCCOCCOCCOCCON)[C@H](O)CO)OC(C(=O)O)=C[C@@H]1N=C(N)N. The predicted molar refractivity (Wildman–Crippen MR) is 263 cm³/mol. The van der Waals surface area contributed by atoms with E-state index in [1.165, 1.54) is 11.0 Å². The fraction of sp³-hybridized carbons (Fsp3) is 0.870. The lowest BCUT2D eigenvalue weighted by molar-refractivity contribution is -0.160. The Labute approximate surface area is 434 Å². The number of aliphatic carboxylic acids is 1. The van der Waals surface area contributed by atoms with E-state index < -0.39 is 61.1 Å². The Kier molecular flexibility index (Phi) is 45.5. The molecule has 0 aromatic rings. The van der Waals surface area contributed by atoms with Crippen LogP contribution in [0.2, 0.25) is 0 Å². The lowest BCUT2D eigenvalue weighted by Crippen LogP contribution is -2.51. The molecule has 0 spiro atoms. The summed E-state index contributed by atoms with van der Waals surface area (Å²) >= 11 is 0. The van der Waals surface area contributed by atoms with Gasteiger partial charge in [0.2, 0.25) is 17.6 Å². The molecule has 0 saturated carbocycles. The van der Waals surface area contributed by atoms with Crippen LogP contribution in [0.5, 0.6) is 0 Å². The first-order valence-electron chi connectivity index (χ1n) is 25.0. The maximum atomic E-state index is 12.5. The average Bonchev–Trinajstić information content (AvgIpc) is 3.38. The number of carboxylic acids is 1. The number of aliphatic imine (C=N–C) groups is 1. The molecule has 0 saturated heterocycles. The second-order valence-corrected chi connectivity index (χ2v) is 15.9. The minimum absolute atomic E-state index is 0.118. The molecule has 5 atom stereocenters. The van der Waals surface area contributed by atoms with Crippen molar-refractivity contribution < 1.29 is 106 Å². The first-order valence-corrected chi connectivity index (χ1v) is 25.0. The first kappa shape index (κ1) is 68.5. The molecule has 0 unspecified atom stereocenters. The van der Waals surface area contributed by atoms with Crippen LogP contribution < -0.4 is 22.7 Å². The number of guanidine groups is 1. The van der Waals surface area contributed by atoms with E-state index in [1.54, 1.807) is 14.0 Å². The van der Waals surface area contributed by atoms with Gasteiger partial charge in [0.25, 0.3) is 0 Å². The summed E-state index contributed by atoms with van der Waals surface area (Å²) in [6, 6.07) is -0.826. The highest BCUT2D eigenvalue weighted by molar-refractivity contribution is 5.85. The molecule has 0 radical (unpaired) electrons. The molecule has 1 rings (SSSR count). The zero-order chi connectivity index (χ0) is 54.1. The van der Waals surface area contributed by atoms with Gasteiger partial charge in [-0.2, -0.15) is 0 Å². The average molecular weight is 1080 g/mol. The third-order valence-corrected chi connectivity index (χ3v) is 10.1. The van der Waals surface area contributed by atoms with E-state index in [-0.39, 0.29) is 44.7 Å². The molecule has 74 heavy (non-hydrogen) atoms. The van der Waals surface area contributed by atoms with Crippen molar-refractivity contribution in [3.05, 3.63) is 11.8 Å². The summed E-state index contributed by atoms with van der Waals surface area (Å²) in [6.45, 7) is 12.5. The third kappa shape index (κ3) is 39.0. The normalized spacial score (nSPS) is 16.3. The number of hydrogen-bond acceptors (Lipinski definition) is 23. The predicted octanol–water partition coefficient (Wildman–Crippen LogP) is -3.17. The number of aliphatic hydroxyl groups is 2. The van der Waals surface area contributed by atoms with Gasteiger partial charge < -0.3 is 113 Å². The fourth-order valence-corrected chi connectivity index (χ4v) is 6.18. The van der Waals surface area contributed by atoms with E-state index in [1.807, 2.05) is 0 Å². The number of carbonyl (C=O) groups excluding carboxylic acids is 2. The highest BCUT2D eigenvalue weighted by Gasteiger charge is 2.42. The minimum atomic E-state index is -1.52. The number of rotatable bonds is 54. The molecule has 0 aromatic carbocycles. The lowest BCUT2D eigenvalue weighted by Gasteiger charge is -2.38. The van der Waals surface area contributed by atoms with E-state index in [2.05, 4.69) is 15.1 Å². The van der Waals surface area contributed by atoms with Crippen LogP contribution in [0.3, 0.4) is 0 Å². The number of aliphatic hydroxyl groups excluding tert-OH is 2. The van der Waals surface area contributed by atoms with Crippen LogP contribution in [-0.4, -0.2) is 280 Å². The van der Waals surface area contributed by atoms with Crippen LogP contribution in [0.4, 0.5) is 0 Å². The Balaban J connectivity index is 1.86. The van der Waals surface area contributed by atoms with Gasteiger partial charge in [-0.3, -0.25) is 9.59 Å². The van der Waals surface area contributed by atoms with Gasteiger partial charge in [0.05, 0.1) is 184 Å². The molecule has 0 fully saturated rings. The number of hydrogen-bond donors (Lipinski definition) is 7. The van der Waals surface area contributed by atoms with Gasteiger partial charge in [-0.25, -0.2) is 15.7 Å². The molecule has 10 N–H and O–H groups in total. The molecule has 0 aliphatic carbocycles. The van der Waals surface area contributed by atoms with Gasteiger partial charge in [-0.1, -0.05) is 6.92 Å². The van der Waals surface area contributed by atoms with Crippen LogP contribution >= 0.6 is 0 Å². The zero-order valence-electron chi connectivity index (χ0n) is 43.5. The zero-order valence-corrected chi connectivity index (χ0v) is 43.5. The first-order chi connectivity index (χ1) is 36.0. The summed E-state index contributed by atoms with van der Waals surface area (Å²) in [6.07, 6.45) is -1.74. The molecule has 2 amide bonds. The van der Waals surface area contributed by atoms with Crippen molar-refractivity contribution in [2.75, 3.05) is 212 Å². The molecule has 0 bridgehead atoms. The summed E-state index contributed by atoms with van der Waals surface area (Å²) in [5.74, 6) is 1.46. The Bertz CT molecular complexity index is 1420. The van der Waals surface area contributed by atoms with E-state index in [0.29, 0.717) is 165 Å². The topological polar surface area (TPSA) is 365 Å². The summed E-state index contributed by atoms with van der Waals surface area (Å²) in [4.78, 5) is 46.5. The highest BCUT2D eigenvalue weighted by atomic mass is 16.6. The monoisotopic (exact) mass is 1080 g/mol. The van der Waals surface area contributed by atoms with Gasteiger partial charge in [0, 0.05) is 39.3 Å².